The minimum atomic E-state index is -0.170. The molecule has 3 heterocycles. The van der Waals surface area contributed by atoms with Crippen LogP contribution in [-0.4, -0.2) is 20.4 Å². The van der Waals surface area contributed by atoms with Crippen molar-refractivity contribution < 1.29 is 9.21 Å². The maximum Gasteiger partial charge on any atom is 0.252 e. The number of amides is 1. The number of carbonyl (C=O) groups is 1. The van der Waals surface area contributed by atoms with E-state index in [0.717, 1.165) is 30.0 Å². The number of hydrogen-bond acceptors (Lipinski definition) is 4. The van der Waals surface area contributed by atoms with Crippen LogP contribution in [0.25, 0.3) is 22.8 Å². The molecule has 2 aromatic carbocycles. The predicted molar refractivity (Wildman–Crippen MR) is 118 cm³/mol. The Morgan fingerprint density at radius 2 is 1.97 bits per heavy atom. The summed E-state index contributed by atoms with van der Waals surface area (Å²) < 4.78 is 8.19. The van der Waals surface area contributed by atoms with Crippen molar-refractivity contribution in [2.24, 2.45) is 0 Å². The Labute approximate surface area is 181 Å². The molecule has 2 aromatic heterocycles. The van der Waals surface area contributed by atoms with Crippen molar-refractivity contribution in [3.8, 4) is 22.8 Å². The molecule has 5 rings (SSSR count). The highest BCUT2D eigenvalue weighted by atomic mass is 16.4. The van der Waals surface area contributed by atoms with Gasteiger partial charge in [-0.25, -0.2) is 9.97 Å². The smallest absolute Gasteiger partial charge is 0.252 e. The SMILES string of the molecule is Cc1ccc(-c2cnc(-c3ccccc3C(=O)NCc3cn4c(n3)CCCC4)o2)cc1. The van der Waals surface area contributed by atoms with E-state index in [1.54, 1.807) is 12.3 Å². The third-order valence-electron chi connectivity index (χ3n) is 5.63. The van der Waals surface area contributed by atoms with Gasteiger partial charge in [0.25, 0.3) is 5.91 Å². The first-order chi connectivity index (χ1) is 15.2. The van der Waals surface area contributed by atoms with Crippen molar-refractivity contribution in [3.05, 3.63) is 83.6 Å². The second-order valence-electron chi connectivity index (χ2n) is 7.92. The van der Waals surface area contributed by atoms with Crippen LogP contribution in [-0.2, 0) is 19.5 Å². The maximum absolute atomic E-state index is 13.0. The second-order valence-corrected chi connectivity index (χ2v) is 7.92. The molecule has 6 heteroatoms. The summed E-state index contributed by atoms with van der Waals surface area (Å²) in [4.78, 5) is 22.0. The average molecular weight is 412 g/mol. The zero-order valence-electron chi connectivity index (χ0n) is 17.5. The molecule has 0 unspecified atom stereocenters. The molecular weight excluding hydrogens is 388 g/mol. The highest BCUT2D eigenvalue weighted by Gasteiger charge is 2.18. The van der Waals surface area contributed by atoms with Crippen molar-refractivity contribution >= 4 is 5.91 Å². The first-order valence-corrected chi connectivity index (χ1v) is 10.6. The van der Waals surface area contributed by atoms with Crippen LogP contribution in [0.1, 0.15) is 40.3 Å². The van der Waals surface area contributed by atoms with Crippen molar-refractivity contribution in [3.63, 3.8) is 0 Å². The Balaban J connectivity index is 1.35. The summed E-state index contributed by atoms with van der Waals surface area (Å²) in [6, 6.07) is 15.4. The molecule has 0 fully saturated rings. The van der Waals surface area contributed by atoms with Gasteiger partial charge in [0.05, 0.1) is 24.0 Å². The van der Waals surface area contributed by atoms with Gasteiger partial charge in [-0.1, -0.05) is 42.0 Å². The Morgan fingerprint density at radius 1 is 1.13 bits per heavy atom. The van der Waals surface area contributed by atoms with Crippen LogP contribution in [0.3, 0.4) is 0 Å². The van der Waals surface area contributed by atoms with Crippen LogP contribution >= 0.6 is 0 Å². The van der Waals surface area contributed by atoms with E-state index in [2.05, 4.69) is 19.9 Å². The molecule has 1 N–H and O–H groups in total. The second kappa shape index (κ2) is 8.22. The molecule has 6 nitrogen and oxygen atoms in total. The van der Waals surface area contributed by atoms with Crippen molar-refractivity contribution in [2.45, 2.75) is 39.3 Å². The number of imidazole rings is 1. The fourth-order valence-electron chi connectivity index (χ4n) is 3.94. The quantitative estimate of drug-likeness (QED) is 0.512. The number of fused-ring (bicyclic) bond motifs is 1. The molecule has 0 bridgehead atoms. The Morgan fingerprint density at radius 3 is 2.81 bits per heavy atom. The van der Waals surface area contributed by atoms with Crippen molar-refractivity contribution in [1.29, 1.82) is 0 Å². The van der Waals surface area contributed by atoms with Crippen LogP contribution in [0.4, 0.5) is 0 Å². The molecule has 1 aliphatic heterocycles. The van der Waals surface area contributed by atoms with Gasteiger partial charge in [0.15, 0.2) is 5.76 Å². The lowest BCUT2D eigenvalue weighted by Gasteiger charge is -2.11. The van der Waals surface area contributed by atoms with Gasteiger partial charge < -0.3 is 14.3 Å². The Bertz CT molecular complexity index is 1200. The predicted octanol–water partition coefficient (Wildman–Crippen LogP) is 4.78. The molecule has 31 heavy (non-hydrogen) atoms. The lowest BCUT2D eigenvalue weighted by Crippen LogP contribution is -2.23. The first kappa shape index (κ1) is 19.3. The van der Waals surface area contributed by atoms with Gasteiger partial charge in [-0.3, -0.25) is 4.79 Å². The third kappa shape index (κ3) is 4.01. The molecule has 4 aromatic rings. The molecule has 0 saturated carbocycles. The van der Waals surface area contributed by atoms with Crippen LogP contribution in [0, 0.1) is 6.92 Å². The highest BCUT2D eigenvalue weighted by molar-refractivity contribution is 6.00. The van der Waals surface area contributed by atoms with Gasteiger partial charge in [0.1, 0.15) is 5.82 Å². The number of nitrogens with zero attached hydrogens (tertiary/aromatic N) is 3. The van der Waals surface area contributed by atoms with Crippen LogP contribution in [0.5, 0.6) is 0 Å². The summed E-state index contributed by atoms with van der Waals surface area (Å²) in [5.74, 6) is 2.04. The topological polar surface area (TPSA) is 73.0 Å². The summed E-state index contributed by atoms with van der Waals surface area (Å²) in [5.41, 5.74) is 4.23. The summed E-state index contributed by atoms with van der Waals surface area (Å²) in [6.07, 6.45) is 7.11. The summed E-state index contributed by atoms with van der Waals surface area (Å²) in [7, 11) is 0. The van der Waals surface area contributed by atoms with E-state index in [4.69, 9.17) is 4.42 Å². The fourth-order valence-corrected chi connectivity index (χ4v) is 3.94. The number of oxazole rings is 1. The number of rotatable bonds is 5. The highest BCUT2D eigenvalue weighted by Crippen LogP contribution is 2.28. The summed E-state index contributed by atoms with van der Waals surface area (Å²) >= 11 is 0. The molecular formula is C25H24N4O2. The number of hydrogen-bond donors (Lipinski definition) is 1. The van der Waals surface area contributed by atoms with E-state index in [9.17, 15) is 4.79 Å². The van der Waals surface area contributed by atoms with E-state index >= 15 is 0 Å². The van der Waals surface area contributed by atoms with Gasteiger partial charge in [-0.15, -0.1) is 0 Å². The summed E-state index contributed by atoms with van der Waals surface area (Å²) in [6.45, 7) is 3.45. The minimum absolute atomic E-state index is 0.170. The van der Waals surface area contributed by atoms with Gasteiger partial charge in [0, 0.05) is 30.3 Å². The standard InChI is InChI=1S/C25H24N4O2/c1-17-9-11-18(12-10-17)22-15-27-25(31-22)21-7-3-2-6-20(21)24(30)26-14-19-16-29-13-5-4-8-23(29)28-19/h2-3,6-7,9-12,15-16H,4-5,8,13-14H2,1H3,(H,26,30). The van der Waals surface area contributed by atoms with E-state index in [-0.39, 0.29) is 5.91 Å². The number of benzene rings is 2. The molecule has 0 radical (unpaired) electrons. The molecule has 1 aliphatic rings. The van der Waals surface area contributed by atoms with E-state index < -0.39 is 0 Å². The van der Waals surface area contributed by atoms with E-state index in [1.165, 1.54) is 18.4 Å². The van der Waals surface area contributed by atoms with Crippen molar-refractivity contribution in [1.82, 2.24) is 19.9 Å². The van der Waals surface area contributed by atoms with Gasteiger partial charge >= 0.3 is 0 Å². The van der Waals surface area contributed by atoms with Gasteiger partial charge in [0.2, 0.25) is 5.89 Å². The molecule has 1 amide bonds. The monoisotopic (exact) mass is 412 g/mol. The number of nitrogens with one attached hydrogen (secondary N) is 1. The summed E-state index contributed by atoms with van der Waals surface area (Å²) in [5, 5.41) is 3.00. The number of aryl methyl sites for hydroxylation is 3. The Kier molecular flexibility index (Phi) is 5.12. The molecule has 0 saturated heterocycles. The van der Waals surface area contributed by atoms with Gasteiger partial charge in [-0.2, -0.15) is 0 Å². The molecule has 156 valence electrons. The van der Waals surface area contributed by atoms with Crippen molar-refractivity contribution in [2.75, 3.05) is 0 Å². The lowest BCUT2D eigenvalue weighted by molar-refractivity contribution is 0.0951. The zero-order valence-corrected chi connectivity index (χ0v) is 17.5. The first-order valence-electron chi connectivity index (χ1n) is 10.6. The fraction of sp³-hybridized carbons (Fsp3) is 0.240. The Hall–Kier alpha value is -3.67. The number of carbonyl (C=O) groups excluding carboxylic acids is 1. The minimum Gasteiger partial charge on any atom is -0.436 e. The normalized spacial score (nSPS) is 13.1. The number of aromatic nitrogens is 3. The lowest BCUT2D eigenvalue weighted by atomic mass is 10.1. The van der Waals surface area contributed by atoms with Crippen LogP contribution in [0.2, 0.25) is 0 Å². The maximum atomic E-state index is 13.0. The van der Waals surface area contributed by atoms with E-state index in [0.29, 0.717) is 29.3 Å². The van der Waals surface area contributed by atoms with Crippen LogP contribution < -0.4 is 5.32 Å². The molecule has 0 atom stereocenters. The molecule has 0 aliphatic carbocycles. The largest absolute Gasteiger partial charge is 0.436 e. The van der Waals surface area contributed by atoms with E-state index in [1.807, 2.05) is 55.6 Å². The average Bonchev–Trinajstić information content (AvgIpc) is 3.45. The third-order valence-corrected chi connectivity index (χ3v) is 5.63. The van der Waals surface area contributed by atoms with Gasteiger partial charge in [-0.05, 0) is 31.9 Å². The molecule has 0 spiro atoms. The zero-order chi connectivity index (χ0) is 21.2. The van der Waals surface area contributed by atoms with Crippen LogP contribution in [0.15, 0.2) is 65.3 Å².